The Balaban J connectivity index is 1.37. The molecule has 0 aliphatic carbocycles. The summed E-state index contributed by atoms with van der Waals surface area (Å²) in [6.07, 6.45) is 5.80. The van der Waals surface area contributed by atoms with Crippen LogP contribution >= 0.6 is 0 Å². The first-order valence-corrected chi connectivity index (χ1v) is 13.1. The molecule has 9 heteroatoms. The van der Waals surface area contributed by atoms with Gasteiger partial charge >= 0.3 is 0 Å². The number of hydrogen-bond donors (Lipinski definition) is 0. The molecule has 4 rings (SSSR count). The summed E-state index contributed by atoms with van der Waals surface area (Å²) in [5.41, 5.74) is 0. The van der Waals surface area contributed by atoms with Crippen molar-refractivity contribution in [3.63, 3.8) is 0 Å². The quantitative estimate of drug-likeness (QED) is 0.614. The molecule has 1 atom stereocenters. The molecule has 3 aliphatic rings. The molecule has 3 heterocycles. The molecular formula is C23H35N3O5S. The maximum Gasteiger partial charge on any atom is 0.243 e. The van der Waals surface area contributed by atoms with Crippen molar-refractivity contribution < 1.29 is 22.7 Å². The first kappa shape index (κ1) is 23.3. The molecule has 3 aliphatic heterocycles. The summed E-state index contributed by atoms with van der Waals surface area (Å²) in [7, 11) is -0.644. The van der Waals surface area contributed by atoms with E-state index in [0.717, 1.165) is 39.0 Å². The van der Waals surface area contributed by atoms with E-state index in [1.54, 1.807) is 12.1 Å². The van der Waals surface area contributed by atoms with E-state index < -0.39 is 10.0 Å². The van der Waals surface area contributed by atoms with Crippen LogP contribution in [0, 0.1) is 5.92 Å². The Morgan fingerprint density at radius 2 is 1.62 bits per heavy atom. The van der Waals surface area contributed by atoms with Gasteiger partial charge in [-0.15, -0.1) is 0 Å². The lowest BCUT2D eigenvalue weighted by molar-refractivity contribution is -0.137. The van der Waals surface area contributed by atoms with E-state index in [1.807, 2.05) is 0 Å². The van der Waals surface area contributed by atoms with Crippen LogP contribution < -0.4 is 9.47 Å². The first-order chi connectivity index (χ1) is 15.4. The lowest BCUT2D eigenvalue weighted by Crippen LogP contribution is -2.48. The summed E-state index contributed by atoms with van der Waals surface area (Å²) in [6.45, 7) is 4.82. The Bertz CT molecular complexity index is 908. The van der Waals surface area contributed by atoms with Crippen molar-refractivity contribution in [2.24, 2.45) is 5.92 Å². The van der Waals surface area contributed by atoms with Crippen molar-refractivity contribution in [2.45, 2.75) is 49.5 Å². The smallest absolute Gasteiger partial charge is 0.243 e. The van der Waals surface area contributed by atoms with Crippen LogP contribution in [0.1, 0.15) is 38.5 Å². The van der Waals surface area contributed by atoms with Crippen LogP contribution in [0.25, 0.3) is 0 Å². The highest BCUT2D eigenvalue weighted by Gasteiger charge is 2.38. The van der Waals surface area contributed by atoms with E-state index in [-0.39, 0.29) is 16.7 Å². The molecule has 8 nitrogen and oxygen atoms in total. The molecule has 0 saturated carbocycles. The van der Waals surface area contributed by atoms with Gasteiger partial charge in [0.2, 0.25) is 15.9 Å². The summed E-state index contributed by atoms with van der Waals surface area (Å²) in [6, 6.07) is 4.96. The molecule has 3 saturated heterocycles. The third-order valence-electron chi connectivity index (χ3n) is 7.12. The van der Waals surface area contributed by atoms with Gasteiger partial charge in [0, 0.05) is 44.2 Å². The van der Waals surface area contributed by atoms with Crippen molar-refractivity contribution in [1.29, 1.82) is 0 Å². The van der Waals surface area contributed by atoms with E-state index in [2.05, 4.69) is 9.80 Å². The molecule has 1 aromatic rings. The van der Waals surface area contributed by atoms with Crippen LogP contribution in [0.3, 0.4) is 0 Å². The highest BCUT2D eigenvalue weighted by atomic mass is 32.2. The van der Waals surface area contributed by atoms with Gasteiger partial charge in [0.1, 0.15) is 0 Å². The molecule has 0 bridgehead atoms. The summed E-state index contributed by atoms with van der Waals surface area (Å²) in [5.74, 6) is 1.00. The van der Waals surface area contributed by atoms with Gasteiger partial charge < -0.3 is 19.3 Å². The summed E-state index contributed by atoms with van der Waals surface area (Å²) in [5, 5.41) is 0. The minimum atomic E-state index is -3.65. The number of likely N-dealkylation sites (tertiary alicyclic amines) is 2. The molecule has 0 aromatic heterocycles. The highest BCUT2D eigenvalue weighted by molar-refractivity contribution is 7.89. The minimum Gasteiger partial charge on any atom is -0.493 e. The number of piperidine rings is 1. The lowest BCUT2D eigenvalue weighted by Gasteiger charge is -2.35. The fourth-order valence-electron chi connectivity index (χ4n) is 5.28. The number of methoxy groups -OCH3 is 2. The van der Waals surface area contributed by atoms with Crippen molar-refractivity contribution in [3.05, 3.63) is 18.2 Å². The number of hydrogen-bond acceptors (Lipinski definition) is 6. The minimum absolute atomic E-state index is 0.0916. The molecule has 1 aromatic carbocycles. The van der Waals surface area contributed by atoms with Gasteiger partial charge in [0.05, 0.1) is 19.1 Å². The predicted molar refractivity (Wildman–Crippen MR) is 121 cm³/mol. The number of carbonyl (C=O) groups excluding carboxylic acids is 1. The Labute approximate surface area is 191 Å². The molecule has 1 unspecified atom stereocenters. The Morgan fingerprint density at radius 3 is 2.28 bits per heavy atom. The zero-order valence-corrected chi connectivity index (χ0v) is 20.0. The zero-order valence-electron chi connectivity index (χ0n) is 19.2. The first-order valence-electron chi connectivity index (χ1n) is 11.7. The molecular weight excluding hydrogens is 430 g/mol. The molecule has 0 radical (unpaired) electrons. The predicted octanol–water partition coefficient (Wildman–Crippen LogP) is 2.19. The van der Waals surface area contributed by atoms with Crippen LogP contribution in [-0.2, 0) is 14.8 Å². The van der Waals surface area contributed by atoms with Gasteiger partial charge in [-0.05, 0) is 63.7 Å². The van der Waals surface area contributed by atoms with Gasteiger partial charge in [-0.25, -0.2) is 8.42 Å². The van der Waals surface area contributed by atoms with E-state index >= 15 is 0 Å². The lowest BCUT2D eigenvalue weighted by atomic mass is 9.96. The molecule has 178 valence electrons. The maximum absolute atomic E-state index is 13.3. The molecule has 1 amide bonds. The standard InChI is InChI=1S/C23H35N3O5S/c1-30-21-8-7-20(16-22(21)31-2)32(28,29)25-14-9-18(10-15-25)23(27)26-13-5-6-19(26)17-24-11-3-4-12-24/h7-8,16,18-19H,3-6,9-15,17H2,1-2H3. The average molecular weight is 466 g/mol. The summed E-state index contributed by atoms with van der Waals surface area (Å²) in [4.78, 5) is 18.0. The van der Waals surface area contributed by atoms with Crippen LogP contribution in [0.4, 0.5) is 0 Å². The fraction of sp³-hybridized carbons (Fsp3) is 0.696. The van der Waals surface area contributed by atoms with E-state index in [0.29, 0.717) is 43.5 Å². The van der Waals surface area contributed by atoms with Crippen LogP contribution in [0.2, 0.25) is 0 Å². The number of sulfonamides is 1. The normalized spacial score (nSPS) is 23.6. The zero-order chi connectivity index (χ0) is 22.7. The van der Waals surface area contributed by atoms with Gasteiger partial charge in [-0.2, -0.15) is 4.31 Å². The van der Waals surface area contributed by atoms with Gasteiger partial charge in [0.15, 0.2) is 11.5 Å². The second-order valence-corrected chi connectivity index (χ2v) is 11.0. The van der Waals surface area contributed by atoms with Crippen molar-refractivity contribution in [3.8, 4) is 11.5 Å². The maximum atomic E-state index is 13.3. The number of amides is 1. The second kappa shape index (κ2) is 9.97. The number of rotatable bonds is 7. The Hall–Kier alpha value is -1.84. The number of carbonyl (C=O) groups is 1. The number of ether oxygens (including phenoxy) is 2. The SMILES string of the molecule is COc1ccc(S(=O)(=O)N2CCC(C(=O)N3CCCC3CN3CCCC3)CC2)cc1OC. The van der Waals surface area contributed by atoms with E-state index in [4.69, 9.17) is 9.47 Å². The average Bonchev–Trinajstić information content (AvgIpc) is 3.50. The van der Waals surface area contributed by atoms with E-state index in [1.165, 1.54) is 37.4 Å². The summed E-state index contributed by atoms with van der Waals surface area (Å²) >= 11 is 0. The van der Waals surface area contributed by atoms with Crippen molar-refractivity contribution >= 4 is 15.9 Å². The van der Waals surface area contributed by atoms with Gasteiger partial charge in [0.25, 0.3) is 0 Å². The topological polar surface area (TPSA) is 79.4 Å². The van der Waals surface area contributed by atoms with Crippen molar-refractivity contribution in [1.82, 2.24) is 14.1 Å². The third kappa shape index (κ3) is 4.75. The van der Waals surface area contributed by atoms with Crippen LogP contribution in [0.5, 0.6) is 11.5 Å². The Morgan fingerprint density at radius 1 is 0.938 bits per heavy atom. The van der Waals surface area contributed by atoms with Crippen LogP contribution in [-0.4, -0.2) is 88.0 Å². The van der Waals surface area contributed by atoms with Gasteiger partial charge in [-0.1, -0.05) is 0 Å². The van der Waals surface area contributed by atoms with Gasteiger partial charge in [-0.3, -0.25) is 4.79 Å². The molecule has 32 heavy (non-hydrogen) atoms. The highest BCUT2D eigenvalue weighted by Crippen LogP contribution is 2.33. The monoisotopic (exact) mass is 465 g/mol. The van der Waals surface area contributed by atoms with Crippen LogP contribution in [0.15, 0.2) is 23.1 Å². The number of nitrogens with zero attached hydrogens (tertiary/aromatic N) is 3. The summed E-state index contributed by atoms with van der Waals surface area (Å²) < 4.78 is 38.3. The third-order valence-corrected chi connectivity index (χ3v) is 9.02. The molecule has 0 N–H and O–H groups in total. The largest absolute Gasteiger partial charge is 0.493 e. The molecule has 3 fully saturated rings. The van der Waals surface area contributed by atoms with E-state index in [9.17, 15) is 13.2 Å². The fourth-order valence-corrected chi connectivity index (χ4v) is 6.77. The Kier molecular flexibility index (Phi) is 7.27. The second-order valence-electron chi connectivity index (χ2n) is 9.03. The molecule has 0 spiro atoms. The van der Waals surface area contributed by atoms with Crippen molar-refractivity contribution in [2.75, 3.05) is 53.5 Å². The number of benzene rings is 1.